The number of fused-ring (bicyclic) bond motifs is 16. The Bertz CT molecular complexity index is 5810. The molecule has 0 fully saturated rings. The van der Waals surface area contributed by atoms with Gasteiger partial charge in [0.25, 0.3) is 0 Å². The predicted octanol–water partition coefficient (Wildman–Crippen LogP) is 20.2. The summed E-state index contributed by atoms with van der Waals surface area (Å²) in [7, 11) is 0. The molecular formula is C82H52N8. The molecule has 0 amide bonds. The van der Waals surface area contributed by atoms with Crippen molar-refractivity contribution in [3.8, 4) is 73.9 Å². The third-order valence-corrected chi connectivity index (χ3v) is 18.0. The van der Waals surface area contributed by atoms with E-state index < -0.39 is 0 Å². The first kappa shape index (κ1) is 51.1. The van der Waals surface area contributed by atoms with Crippen molar-refractivity contribution in [2.75, 3.05) is 0 Å². The van der Waals surface area contributed by atoms with Gasteiger partial charge in [-0.1, -0.05) is 243 Å². The van der Waals surface area contributed by atoms with E-state index in [-0.39, 0.29) is 0 Å². The molecule has 0 aliphatic heterocycles. The van der Waals surface area contributed by atoms with Crippen molar-refractivity contribution in [1.82, 2.24) is 38.6 Å². The van der Waals surface area contributed by atoms with Gasteiger partial charge in [0, 0.05) is 66.5 Å². The molecule has 13 aromatic carbocycles. The standard InChI is InChI=1S/C49H31N5.C33H21N3/c1-4-15-33(16-5-1)47-50-48(34-17-6-2-7-18-34)52-49(51-47)54-42-23-13-12-22-39(42)40-30-35(25-27-43(40)54)36-26-28-44-41(31-36)46-38-21-11-10-14-32(38)24-29-45(46)53(44)37-19-8-3-9-20-37;1-2-10-21(11-3-1)31-27-15-6-8-16-29(27)34-33(35-31)36-30-17-9-7-14-25(30)26-19-18-24-23-13-5-4-12-22(23)20-28(24)32(26)36/h1-31H;1-19H,20H2. The minimum Gasteiger partial charge on any atom is -0.309 e. The second-order valence-corrected chi connectivity index (χ2v) is 23.1. The molecule has 1 aliphatic rings. The first-order chi connectivity index (χ1) is 44.6. The van der Waals surface area contributed by atoms with Crippen LogP contribution in [-0.2, 0) is 6.42 Å². The summed E-state index contributed by atoms with van der Waals surface area (Å²) in [6.45, 7) is 0. The zero-order chi connectivity index (χ0) is 59.2. The van der Waals surface area contributed by atoms with E-state index in [9.17, 15) is 0 Å². The zero-order valence-electron chi connectivity index (χ0n) is 48.7. The first-order valence-electron chi connectivity index (χ1n) is 30.5. The van der Waals surface area contributed by atoms with E-state index in [0.717, 1.165) is 78.3 Å². The van der Waals surface area contributed by atoms with E-state index in [0.29, 0.717) is 23.5 Å². The van der Waals surface area contributed by atoms with Crippen LogP contribution < -0.4 is 0 Å². The van der Waals surface area contributed by atoms with Gasteiger partial charge in [-0.2, -0.15) is 9.97 Å². The molecule has 0 N–H and O–H groups in total. The second-order valence-electron chi connectivity index (χ2n) is 23.1. The number of para-hydroxylation sites is 4. The van der Waals surface area contributed by atoms with Crippen LogP contribution in [0.25, 0.3) is 161 Å². The Hall–Kier alpha value is -12.1. The average Bonchev–Trinajstić information content (AvgIpc) is 1.60. The fourth-order valence-electron chi connectivity index (χ4n) is 14.0. The summed E-state index contributed by atoms with van der Waals surface area (Å²) < 4.78 is 6.85. The van der Waals surface area contributed by atoms with Gasteiger partial charge in [-0.3, -0.25) is 9.13 Å². The molecule has 1 aliphatic carbocycles. The van der Waals surface area contributed by atoms with E-state index in [1.165, 1.54) is 76.7 Å². The zero-order valence-corrected chi connectivity index (χ0v) is 48.7. The Morgan fingerprint density at radius 1 is 0.278 bits per heavy atom. The minimum absolute atomic E-state index is 0.587. The Labute approximate surface area is 517 Å². The van der Waals surface area contributed by atoms with Crippen molar-refractivity contribution in [2.24, 2.45) is 0 Å². The van der Waals surface area contributed by atoms with Crippen LogP contribution in [0.3, 0.4) is 0 Å². The van der Waals surface area contributed by atoms with Crippen molar-refractivity contribution in [3.05, 3.63) is 314 Å². The average molecular weight is 1150 g/mol. The molecule has 19 rings (SSSR count). The van der Waals surface area contributed by atoms with Gasteiger partial charge >= 0.3 is 0 Å². The molecule has 0 saturated heterocycles. The van der Waals surface area contributed by atoms with E-state index in [1.54, 1.807) is 0 Å². The maximum atomic E-state index is 5.24. The lowest BCUT2D eigenvalue weighted by Crippen LogP contribution is -2.06. The SMILES string of the molecule is c1ccc(-c2nc(-c3ccccc3)nc(-n3c4ccccc4c4cc(-c5ccc6c(c5)c5c7ccccc7ccc5n6-c5ccccc5)ccc43)n2)cc1.c1ccc(-c2nc(-n3c4ccccc4c4ccc5c(c43)Cc3ccccc3-5)nc3ccccc23)cc1. The monoisotopic (exact) mass is 1150 g/mol. The number of hydrogen-bond acceptors (Lipinski definition) is 5. The number of aromatic nitrogens is 8. The molecule has 0 unspecified atom stereocenters. The number of rotatable bonds is 7. The maximum Gasteiger partial charge on any atom is 0.238 e. The second kappa shape index (κ2) is 20.8. The summed E-state index contributed by atoms with van der Waals surface area (Å²) >= 11 is 0. The Balaban J connectivity index is 0.000000145. The Morgan fingerprint density at radius 2 is 0.800 bits per heavy atom. The number of benzene rings is 13. The molecule has 0 spiro atoms. The van der Waals surface area contributed by atoms with Crippen molar-refractivity contribution in [3.63, 3.8) is 0 Å². The van der Waals surface area contributed by atoms with Crippen molar-refractivity contribution < 1.29 is 0 Å². The first-order valence-corrected chi connectivity index (χ1v) is 30.5. The summed E-state index contributed by atoms with van der Waals surface area (Å²) in [6, 6.07) is 107. The molecule has 0 saturated carbocycles. The van der Waals surface area contributed by atoms with Gasteiger partial charge in [0.2, 0.25) is 11.9 Å². The fraction of sp³-hybridized carbons (Fsp3) is 0.0122. The molecule has 0 bridgehead atoms. The number of hydrogen-bond donors (Lipinski definition) is 0. The summed E-state index contributed by atoms with van der Waals surface area (Å²) in [4.78, 5) is 25.5. The smallest absolute Gasteiger partial charge is 0.238 e. The molecule has 0 radical (unpaired) electrons. The Morgan fingerprint density at radius 3 is 1.51 bits per heavy atom. The van der Waals surface area contributed by atoms with Crippen LogP contribution in [0.5, 0.6) is 0 Å². The van der Waals surface area contributed by atoms with Crippen LogP contribution in [0.4, 0.5) is 0 Å². The van der Waals surface area contributed by atoms with Crippen molar-refractivity contribution in [1.29, 1.82) is 0 Å². The lowest BCUT2D eigenvalue weighted by molar-refractivity contribution is 0.953. The molecule has 90 heavy (non-hydrogen) atoms. The van der Waals surface area contributed by atoms with Gasteiger partial charge in [-0.05, 0) is 105 Å². The molecule has 5 aromatic heterocycles. The largest absolute Gasteiger partial charge is 0.309 e. The summed E-state index contributed by atoms with van der Waals surface area (Å²) in [5.41, 5.74) is 20.5. The molecular weight excluding hydrogens is 1100 g/mol. The van der Waals surface area contributed by atoms with Crippen LogP contribution in [0.1, 0.15) is 11.1 Å². The van der Waals surface area contributed by atoms with E-state index >= 15 is 0 Å². The molecule has 420 valence electrons. The van der Waals surface area contributed by atoms with Crippen LogP contribution >= 0.6 is 0 Å². The van der Waals surface area contributed by atoms with Gasteiger partial charge in [-0.25, -0.2) is 15.0 Å². The van der Waals surface area contributed by atoms with Crippen molar-refractivity contribution in [2.45, 2.75) is 6.42 Å². The van der Waals surface area contributed by atoms with Crippen LogP contribution in [-0.4, -0.2) is 38.6 Å². The number of nitrogens with zero attached hydrogens (tertiary/aromatic N) is 8. The quantitative estimate of drug-likeness (QED) is 0.159. The molecule has 8 nitrogen and oxygen atoms in total. The third-order valence-electron chi connectivity index (χ3n) is 18.0. The lowest BCUT2D eigenvalue weighted by atomic mass is 9.99. The molecule has 0 atom stereocenters. The third kappa shape index (κ3) is 8.26. The summed E-state index contributed by atoms with van der Waals surface area (Å²) in [5, 5.41) is 10.8. The minimum atomic E-state index is 0.587. The van der Waals surface area contributed by atoms with E-state index in [4.69, 9.17) is 24.9 Å². The normalized spacial score (nSPS) is 12.0. The topological polar surface area (TPSA) is 79.2 Å². The van der Waals surface area contributed by atoms with Gasteiger partial charge in [0.05, 0.1) is 44.3 Å². The molecule has 18 aromatic rings. The van der Waals surface area contributed by atoms with Crippen LogP contribution in [0, 0.1) is 0 Å². The maximum absolute atomic E-state index is 5.24. The van der Waals surface area contributed by atoms with Crippen LogP contribution in [0.15, 0.2) is 303 Å². The predicted molar refractivity (Wildman–Crippen MR) is 370 cm³/mol. The highest BCUT2D eigenvalue weighted by Gasteiger charge is 2.27. The highest BCUT2D eigenvalue weighted by Crippen LogP contribution is 2.45. The highest BCUT2D eigenvalue weighted by molar-refractivity contribution is 6.22. The summed E-state index contributed by atoms with van der Waals surface area (Å²) in [5.74, 6) is 2.57. The summed E-state index contributed by atoms with van der Waals surface area (Å²) in [6.07, 6.45) is 0.915. The van der Waals surface area contributed by atoms with E-state index in [2.05, 4.69) is 244 Å². The lowest BCUT2D eigenvalue weighted by Gasteiger charge is -2.13. The van der Waals surface area contributed by atoms with Gasteiger partial charge in [0.1, 0.15) is 0 Å². The molecule has 5 heterocycles. The van der Waals surface area contributed by atoms with E-state index in [1.807, 2.05) is 72.8 Å². The molecule has 8 heteroatoms. The highest BCUT2D eigenvalue weighted by atomic mass is 15.2. The van der Waals surface area contributed by atoms with Gasteiger partial charge < -0.3 is 4.57 Å². The fourth-order valence-corrected chi connectivity index (χ4v) is 14.0. The Kier molecular flexibility index (Phi) is 11.8. The van der Waals surface area contributed by atoms with Crippen molar-refractivity contribution >= 4 is 87.1 Å². The van der Waals surface area contributed by atoms with Gasteiger partial charge in [-0.15, -0.1) is 0 Å². The van der Waals surface area contributed by atoms with Crippen LogP contribution in [0.2, 0.25) is 0 Å². The van der Waals surface area contributed by atoms with Gasteiger partial charge in [0.15, 0.2) is 11.6 Å².